The minimum absolute atomic E-state index is 0.00108. The van der Waals surface area contributed by atoms with E-state index in [9.17, 15) is 9.59 Å². The minimum atomic E-state index is -0.00108. The first kappa shape index (κ1) is 19.2. The van der Waals surface area contributed by atoms with E-state index in [1.54, 1.807) is 4.57 Å². The number of aryl methyl sites for hydroxylation is 2. The predicted molar refractivity (Wildman–Crippen MR) is 111 cm³/mol. The van der Waals surface area contributed by atoms with Crippen molar-refractivity contribution in [1.82, 2.24) is 19.4 Å². The van der Waals surface area contributed by atoms with E-state index in [4.69, 9.17) is 0 Å². The van der Waals surface area contributed by atoms with Crippen LogP contribution in [0.4, 0.5) is 0 Å². The number of rotatable bonds is 8. The summed E-state index contributed by atoms with van der Waals surface area (Å²) in [4.78, 5) is 27.5. The Labute approximate surface area is 166 Å². The molecule has 1 aromatic heterocycles. The number of hydrogen-bond donors (Lipinski definition) is 1. The second kappa shape index (κ2) is 8.52. The molecule has 6 heteroatoms. The molecule has 6 nitrogen and oxygen atoms in total. The number of carbonyl (C=O) groups excluding carboxylic acids is 1. The zero-order valence-electron chi connectivity index (χ0n) is 16.9. The summed E-state index contributed by atoms with van der Waals surface area (Å²) in [5.74, 6) is 1.06. The molecule has 1 aromatic carbocycles. The Morgan fingerprint density at radius 3 is 2.29 bits per heavy atom. The van der Waals surface area contributed by atoms with Crippen molar-refractivity contribution >= 4 is 16.9 Å². The fourth-order valence-electron chi connectivity index (χ4n) is 4.28. The molecular weight excluding hydrogens is 352 g/mol. The van der Waals surface area contributed by atoms with Crippen LogP contribution < -0.4 is 11.0 Å². The number of piperidine rings is 1. The topological polar surface area (TPSA) is 59.3 Å². The zero-order valence-corrected chi connectivity index (χ0v) is 16.9. The highest BCUT2D eigenvalue weighted by Crippen LogP contribution is 2.28. The molecule has 0 unspecified atom stereocenters. The number of carbonyl (C=O) groups is 1. The van der Waals surface area contributed by atoms with Gasteiger partial charge in [0.05, 0.1) is 11.0 Å². The highest BCUT2D eigenvalue weighted by atomic mass is 16.2. The minimum Gasteiger partial charge on any atom is -0.343 e. The van der Waals surface area contributed by atoms with Crippen LogP contribution in [0.15, 0.2) is 29.1 Å². The molecule has 0 bridgehead atoms. The van der Waals surface area contributed by atoms with Crippen molar-refractivity contribution in [2.45, 2.75) is 64.6 Å². The first-order valence-corrected chi connectivity index (χ1v) is 10.9. The lowest BCUT2D eigenvalue weighted by atomic mass is 10.0. The van der Waals surface area contributed by atoms with Gasteiger partial charge in [0.1, 0.15) is 0 Å². The summed E-state index contributed by atoms with van der Waals surface area (Å²) < 4.78 is 3.60. The Morgan fingerprint density at radius 1 is 1.04 bits per heavy atom. The van der Waals surface area contributed by atoms with Crippen LogP contribution in [-0.2, 0) is 17.9 Å². The third-order valence-electron chi connectivity index (χ3n) is 6.16. The van der Waals surface area contributed by atoms with Crippen LogP contribution in [0.25, 0.3) is 11.0 Å². The van der Waals surface area contributed by atoms with Crippen molar-refractivity contribution in [1.29, 1.82) is 0 Å². The molecule has 1 N–H and O–H groups in total. The van der Waals surface area contributed by atoms with Crippen LogP contribution in [0.5, 0.6) is 0 Å². The average Bonchev–Trinajstić information content (AvgIpc) is 3.51. The number of para-hydroxylation sites is 2. The quantitative estimate of drug-likeness (QED) is 0.761. The van der Waals surface area contributed by atoms with Crippen molar-refractivity contribution in [3.05, 3.63) is 34.7 Å². The monoisotopic (exact) mass is 384 g/mol. The summed E-state index contributed by atoms with van der Waals surface area (Å²) in [5, 5.41) is 3.66. The average molecular weight is 385 g/mol. The smallest absolute Gasteiger partial charge is 0.329 e. The fraction of sp³-hybridized carbons (Fsp3) is 0.636. The van der Waals surface area contributed by atoms with Gasteiger partial charge in [-0.15, -0.1) is 0 Å². The van der Waals surface area contributed by atoms with Gasteiger partial charge in [0.15, 0.2) is 0 Å². The van der Waals surface area contributed by atoms with Crippen LogP contribution in [-0.4, -0.2) is 45.6 Å². The fourth-order valence-corrected chi connectivity index (χ4v) is 4.28. The van der Waals surface area contributed by atoms with Gasteiger partial charge in [0.25, 0.3) is 0 Å². The van der Waals surface area contributed by atoms with E-state index < -0.39 is 0 Å². The Kier molecular flexibility index (Phi) is 5.85. The first-order chi connectivity index (χ1) is 13.7. The normalized spacial score (nSPS) is 18.1. The van der Waals surface area contributed by atoms with Crippen molar-refractivity contribution in [3.63, 3.8) is 0 Å². The second-order valence-corrected chi connectivity index (χ2v) is 8.33. The van der Waals surface area contributed by atoms with E-state index in [0.29, 0.717) is 25.6 Å². The number of nitrogens with one attached hydrogen (secondary N) is 1. The molecule has 2 fully saturated rings. The number of nitrogens with zero attached hydrogens (tertiary/aromatic N) is 3. The predicted octanol–water partition coefficient (Wildman–Crippen LogP) is 2.59. The molecule has 1 aliphatic heterocycles. The van der Waals surface area contributed by atoms with Crippen molar-refractivity contribution in [2.24, 2.45) is 5.92 Å². The molecule has 2 heterocycles. The Morgan fingerprint density at radius 2 is 1.68 bits per heavy atom. The van der Waals surface area contributed by atoms with Gasteiger partial charge in [0.2, 0.25) is 5.91 Å². The Hall–Kier alpha value is -2.08. The van der Waals surface area contributed by atoms with Gasteiger partial charge in [-0.25, -0.2) is 4.79 Å². The number of aromatic nitrogens is 2. The summed E-state index contributed by atoms with van der Waals surface area (Å²) >= 11 is 0. The van der Waals surface area contributed by atoms with Crippen LogP contribution in [0, 0.1) is 5.92 Å². The van der Waals surface area contributed by atoms with Gasteiger partial charge in [0, 0.05) is 38.6 Å². The maximum Gasteiger partial charge on any atom is 0.329 e. The van der Waals surface area contributed by atoms with Crippen molar-refractivity contribution < 1.29 is 4.79 Å². The van der Waals surface area contributed by atoms with Gasteiger partial charge < -0.3 is 10.2 Å². The molecule has 1 aliphatic carbocycles. The van der Waals surface area contributed by atoms with Crippen LogP contribution in [0.1, 0.15) is 45.4 Å². The maximum absolute atomic E-state index is 12.8. The van der Waals surface area contributed by atoms with Gasteiger partial charge in [-0.1, -0.05) is 19.1 Å². The van der Waals surface area contributed by atoms with Crippen molar-refractivity contribution in [2.75, 3.05) is 19.6 Å². The number of imidazole rings is 1. The van der Waals surface area contributed by atoms with Gasteiger partial charge in [-0.05, 0) is 56.7 Å². The summed E-state index contributed by atoms with van der Waals surface area (Å²) in [5.41, 5.74) is 1.89. The molecule has 2 aromatic rings. The number of likely N-dealkylation sites (tertiary alicyclic amines) is 1. The molecule has 0 spiro atoms. The molecule has 1 amide bonds. The molecule has 0 radical (unpaired) electrons. The molecule has 28 heavy (non-hydrogen) atoms. The van der Waals surface area contributed by atoms with Gasteiger partial charge in [-0.3, -0.25) is 13.9 Å². The maximum atomic E-state index is 12.8. The van der Waals surface area contributed by atoms with E-state index in [2.05, 4.69) is 12.2 Å². The van der Waals surface area contributed by atoms with E-state index in [1.807, 2.05) is 33.7 Å². The molecular formula is C22H32N4O2. The zero-order chi connectivity index (χ0) is 19.5. The molecule has 0 atom stereocenters. The highest BCUT2D eigenvalue weighted by molar-refractivity contribution is 5.78. The van der Waals surface area contributed by atoms with E-state index >= 15 is 0 Å². The third kappa shape index (κ3) is 4.17. The summed E-state index contributed by atoms with van der Waals surface area (Å²) in [6.07, 6.45) is 6.12. The summed E-state index contributed by atoms with van der Waals surface area (Å²) in [7, 11) is 0. The molecule has 1 saturated carbocycles. The van der Waals surface area contributed by atoms with Gasteiger partial charge in [-0.2, -0.15) is 0 Å². The number of amides is 1. The van der Waals surface area contributed by atoms with Crippen LogP contribution in [0.3, 0.4) is 0 Å². The summed E-state index contributed by atoms with van der Waals surface area (Å²) in [6, 6.07) is 8.44. The SMILES string of the molecule is CCCn1c(=O)n(CCC(=O)N2CCC(NCC3CC3)CC2)c2ccccc21. The van der Waals surface area contributed by atoms with Crippen LogP contribution >= 0.6 is 0 Å². The van der Waals surface area contributed by atoms with Gasteiger partial charge >= 0.3 is 5.69 Å². The Balaban J connectivity index is 1.35. The summed E-state index contributed by atoms with van der Waals surface area (Å²) in [6.45, 7) is 6.03. The molecule has 152 valence electrons. The van der Waals surface area contributed by atoms with Crippen molar-refractivity contribution in [3.8, 4) is 0 Å². The highest BCUT2D eigenvalue weighted by Gasteiger charge is 2.26. The number of hydrogen-bond acceptors (Lipinski definition) is 3. The van der Waals surface area contributed by atoms with E-state index in [-0.39, 0.29) is 11.6 Å². The largest absolute Gasteiger partial charge is 0.343 e. The third-order valence-corrected chi connectivity index (χ3v) is 6.16. The lowest BCUT2D eigenvalue weighted by Gasteiger charge is -2.32. The number of fused-ring (bicyclic) bond motifs is 1. The lowest BCUT2D eigenvalue weighted by molar-refractivity contribution is -0.132. The van der Waals surface area contributed by atoms with Crippen LogP contribution in [0.2, 0.25) is 0 Å². The van der Waals surface area contributed by atoms with E-state index in [0.717, 1.165) is 55.8 Å². The Bertz CT molecular complexity index is 872. The standard InChI is InChI=1S/C22H32N4O2/c1-2-12-25-19-5-3-4-6-20(19)26(22(25)28)15-11-21(27)24-13-9-18(10-14-24)23-16-17-7-8-17/h3-6,17-18,23H,2,7-16H2,1H3. The first-order valence-electron chi connectivity index (χ1n) is 10.9. The number of benzene rings is 1. The second-order valence-electron chi connectivity index (χ2n) is 8.33. The molecule has 4 rings (SSSR count). The lowest BCUT2D eigenvalue weighted by Crippen LogP contribution is -2.45. The van der Waals surface area contributed by atoms with E-state index in [1.165, 1.54) is 12.8 Å². The molecule has 2 aliphatic rings. The molecule has 1 saturated heterocycles.